The van der Waals surface area contributed by atoms with E-state index < -0.39 is 14.3 Å². The summed E-state index contributed by atoms with van der Waals surface area (Å²) in [5.74, 6) is 1.39. The van der Waals surface area contributed by atoms with E-state index in [9.17, 15) is 9.59 Å². The van der Waals surface area contributed by atoms with Gasteiger partial charge in [-0.15, -0.1) is 0 Å². The first kappa shape index (κ1) is 19.7. The maximum atomic E-state index is 11.3. The first-order valence-corrected chi connectivity index (χ1v) is 8.41. The molecular weight excluding hydrogens is 321 g/mol. The van der Waals surface area contributed by atoms with E-state index in [0.717, 1.165) is 13.0 Å². The first-order valence-electron chi connectivity index (χ1n) is 7.17. The van der Waals surface area contributed by atoms with Crippen molar-refractivity contribution in [2.75, 3.05) is 34.4 Å². The third-order valence-corrected chi connectivity index (χ3v) is 4.29. The molecule has 9 heteroatoms. The summed E-state index contributed by atoms with van der Waals surface area (Å²) in [4.78, 5) is 23.2. The lowest BCUT2D eigenvalue weighted by atomic mass is 10.2. The molecule has 8 nitrogen and oxygen atoms in total. The largest absolute Gasteiger partial charge is 0.354 e. The maximum Gasteiger partial charge on any atom is 0.251 e. The van der Waals surface area contributed by atoms with Crippen molar-refractivity contribution in [3.05, 3.63) is 24.2 Å². The van der Waals surface area contributed by atoms with Gasteiger partial charge in [0.15, 0.2) is 8.38 Å². The van der Waals surface area contributed by atoms with Crippen molar-refractivity contribution in [3.63, 3.8) is 0 Å². The molecule has 1 heterocycles. The Bertz CT molecular complexity index is 429. The molecule has 0 aromatic heterocycles. The molecule has 1 rings (SSSR count). The van der Waals surface area contributed by atoms with Crippen LogP contribution in [0.4, 0.5) is 0 Å². The molecule has 1 fully saturated rings. The van der Waals surface area contributed by atoms with Crippen molar-refractivity contribution >= 4 is 20.7 Å². The van der Waals surface area contributed by atoms with Crippen LogP contribution in [0, 0.1) is 0 Å². The molecule has 0 spiro atoms. The van der Waals surface area contributed by atoms with Crippen molar-refractivity contribution in [2.24, 2.45) is 0 Å². The summed E-state index contributed by atoms with van der Waals surface area (Å²) in [5, 5.41) is 5.33. The predicted molar refractivity (Wildman–Crippen MR) is 87.3 cm³/mol. The topological polar surface area (TPSA) is 89.1 Å². The van der Waals surface area contributed by atoms with E-state index in [1.165, 1.54) is 6.08 Å². The second-order valence-electron chi connectivity index (χ2n) is 4.72. The molecule has 130 valence electrons. The van der Waals surface area contributed by atoms with Gasteiger partial charge in [0.25, 0.3) is 5.91 Å². The molecule has 2 N–H and O–H groups in total. The molecule has 23 heavy (non-hydrogen) atoms. The Labute approximate surface area is 137 Å². The average molecular weight is 345 g/mol. The smallest absolute Gasteiger partial charge is 0.251 e. The third-order valence-electron chi connectivity index (χ3n) is 3.16. The van der Waals surface area contributed by atoms with Gasteiger partial charge in [0.1, 0.15) is 6.23 Å². The Kier molecular flexibility index (Phi) is 9.66. The molecule has 0 bridgehead atoms. The van der Waals surface area contributed by atoms with Crippen LogP contribution in [-0.4, -0.2) is 63.9 Å². The molecule has 2 unspecified atom stereocenters. The van der Waals surface area contributed by atoms with Gasteiger partial charge in [0.05, 0.1) is 6.10 Å². The fourth-order valence-corrected chi connectivity index (χ4v) is 2.64. The van der Waals surface area contributed by atoms with E-state index in [-0.39, 0.29) is 12.3 Å². The molecule has 1 aliphatic rings. The Hall–Kier alpha value is -1.31. The fraction of sp³-hybridized carbons (Fsp3) is 0.571. The van der Waals surface area contributed by atoms with Crippen molar-refractivity contribution in [1.29, 1.82) is 0 Å². The number of carbonyl (C=O) groups excluding carboxylic acids is 2. The molecular formula is C14H24N3O5P. The summed E-state index contributed by atoms with van der Waals surface area (Å²) in [6, 6.07) is 0. The lowest BCUT2D eigenvalue weighted by molar-refractivity contribution is -0.121. The summed E-state index contributed by atoms with van der Waals surface area (Å²) in [7, 11) is 3.97. The molecule has 0 aromatic carbocycles. The van der Waals surface area contributed by atoms with Crippen LogP contribution in [0.1, 0.15) is 6.42 Å². The van der Waals surface area contributed by atoms with Gasteiger partial charge in [-0.25, -0.2) is 0 Å². The molecule has 0 aromatic rings. The van der Waals surface area contributed by atoms with E-state index >= 15 is 0 Å². The van der Waals surface area contributed by atoms with Gasteiger partial charge in [-0.1, -0.05) is 6.08 Å². The summed E-state index contributed by atoms with van der Waals surface area (Å²) < 4.78 is 16.4. The quantitative estimate of drug-likeness (QED) is 0.377. The summed E-state index contributed by atoms with van der Waals surface area (Å²) >= 11 is 0. The summed E-state index contributed by atoms with van der Waals surface area (Å²) in [5.41, 5.74) is 0. The van der Waals surface area contributed by atoms with E-state index in [4.69, 9.17) is 13.8 Å². The highest BCUT2D eigenvalue weighted by molar-refractivity contribution is 7.50. The minimum Gasteiger partial charge on any atom is -0.354 e. The number of likely N-dealkylation sites (N-methyl/N-ethyl adjacent to an activating group) is 1. The number of hydrogen-bond donors (Lipinski definition) is 2. The molecule has 2 atom stereocenters. The molecule has 0 saturated carbocycles. The van der Waals surface area contributed by atoms with Crippen molar-refractivity contribution in [3.8, 4) is 0 Å². The molecule has 2 amide bonds. The third kappa shape index (κ3) is 7.67. The summed E-state index contributed by atoms with van der Waals surface area (Å²) in [6.45, 7) is 1.45. The Morgan fingerprint density at radius 3 is 2.83 bits per heavy atom. The number of nitrogens with zero attached hydrogens (tertiary/aromatic N) is 1. The fourth-order valence-electron chi connectivity index (χ4n) is 1.92. The minimum absolute atomic E-state index is 0.0787. The monoisotopic (exact) mass is 345 g/mol. The maximum absolute atomic E-state index is 11.3. The van der Waals surface area contributed by atoms with Crippen LogP contribution >= 0.6 is 8.38 Å². The normalized spacial score (nSPS) is 22.4. The molecule has 0 radical (unpaired) electrons. The van der Waals surface area contributed by atoms with Gasteiger partial charge in [-0.05, 0) is 18.8 Å². The van der Waals surface area contributed by atoms with Crippen molar-refractivity contribution in [2.45, 2.75) is 18.8 Å². The van der Waals surface area contributed by atoms with Gasteiger partial charge in [0.2, 0.25) is 6.41 Å². The summed E-state index contributed by atoms with van der Waals surface area (Å²) in [6.07, 6.45) is 5.66. The molecule has 1 aliphatic heterocycles. The Morgan fingerprint density at radius 1 is 1.43 bits per heavy atom. The Morgan fingerprint density at radius 2 is 2.17 bits per heavy atom. The van der Waals surface area contributed by atoms with Crippen molar-refractivity contribution < 1.29 is 23.4 Å². The zero-order valence-corrected chi connectivity index (χ0v) is 14.5. The average Bonchev–Trinajstić information content (AvgIpc) is 2.79. The van der Waals surface area contributed by atoms with Crippen LogP contribution < -0.4 is 10.6 Å². The molecule has 1 saturated heterocycles. The minimum atomic E-state index is -1.03. The van der Waals surface area contributed by atoms with E-state index in [0.29, 0.717) is 13.0 Å². The first-order chi connectivity index (χ1) is 11.1. The van der Waals surface area contributed by atoms with Gasteiger partial charge < -0.3 is 24.0 Å². The number of rotatable bonds is 8. The molecule has 0 aliphatic carbocycles. The predicted octanol–water partition coefficient (Wildman–Crippen LogP) is 0.528. The SMILES string of the molecule is COP(/C=C/C1CCNCC(N(C)/C=C\C(=O)NC=O)O1)OC. The highest BCUT2D eigenvalue weighted by atomic mass is 31.2. The van der Waals surface area contributed by atoms with E-state index in [1.54, 1.807) is 32.4 Å². The number of nitrogens with one attached hydrogen (secondary N) is 2. The second-order valence-corrected chi connectivity index (χ2v) is 6.32. The number of amides is 2. The van der Waals surface area contributed by atoms with Crippen LogP contribution in [-0.2, 0) is 23.4 Å². The van der Waals surface area contributed by atoms with Gasteiger partial charge >= 0.3 is 0 Å². The zero-order valence-electron chi connectivity index (χ0n) is 13.6. The highest BCUT2D eigenvalue weighted by Gasteiger charge is 2.21. The number of imide groups is 1. The van der Waals surface area contributed by atoms with E-state index in [1.807, 2.05) is 17.2 Å². The van der Waals surface area contributed by atoms with Crippen LogP contribution in [0.3, 0.4) is 0 Å². The van der Waals surface area contributed by atoms with Crippen LogP contribution in [0.15, 0.2) is 24.2 Å². The number of ether oxygens (including phenoxy) is 1. The highest BCUT2D eigenvalue weighted by Crippen LogP contribution is 2.37. The van der Waals surface area contributed by atoms with Crippen LogP contribution in [0.5, 0.6) is 0 Å². The number of carbonyl (C=O) groups is 2. The zero-order chi connectivity index (χ0) is 17.1. The van der Waals surface area contributed by atoms with Crippen LogP contribution in [0.25, 0.3) is 0 Å². The van der Waals surface area contributed by atoms with Crippen LogP contribution in [0.2, 0.25) is 0 Å². The van der Waals surface area contributed by atoms with Crippen molar-refractivity contribution in [1.82, 2.24) is 15.5 Å². The van der Waals surface area contributed by atoms with Gasteiger partial charge in [-0.3, -0.25) is 14.9 Å². The van der Waals surface area contributed by atoms with Gasteiger partial charge in [-0.2, -0.15) is 0 Å². The lowest BCUT2D eigenvalue weighted by Gasteiger charge is -2.27. The van der Waals surface area contributed by atoms with Gasteiger partial charge in [0, 0.05) is 40.1 Å². The standard InChI is InChI=1S/C14H24N3O5P/c1-17(8-5-13(19)16-11-18)14-10-15-7-4-12(22-14)6-9-23(20-2)21-3/h5-6,8-9,11-12,14-15H,4,7,10H2,1-3H3,(H,16,18,19)/b8-5-,9-6+. The van der Waals surface area contributed by atoms with E-state index in [2.05, 4.69) is 5.32 Å². The Balaban J connectivity index is 2.61. The lowest BCUT2D eigenvalue weighted by Crippen LogP contribution is -2.38. The second kappa shape index (κ2) is 11.3. The number of hydrogen-bond acceptors (Lipinski definition) is 7.